The fraction of sp³-hybridized carbons (Fsp3) is 0.533. The molecule has 11 nitrogen and oxygen atoms in total. The number of pyridine rings is 2. The van der Waals surface area contributed by atoms with Crippen LogP contribution in [-0.2, 0) is 10.0 Å². The molecule has 222 valence electrons. The van der Waals surface area contributed by atoms with Crippen molar-refractivity contribution in [3.63, 3.8) is 0 Å². The molecule has 1 spiro atoms. The van der Waals surface area contributed by atoms with Crippen LogP contribution in [0.4, 0.5) is 11.6 Å². The van der Waals surface area contributed by atoms with E-state index in [0.717, 1.165) is 25.2 Å². The standard InChI is InChI=1S/C30H37N7O4S/c1-29(2)18-20-9-15-31-23-4-3-5-26(32-23)42(39,40)35-28(38)22-6-7-24(33-27(22)36(29)19-20)37-16-10-25(34-37)41-17-11-21-8-12-30(21)13-14-30/h3-7,10,16,20-21H,8-9,11-15,17-19H2,1-2H3,(H,31,32)(H,35,38)/t20-,21?/m0/s1. The summed E-state index contributed by atoms with van der Waals surface area (Å²) in [4.78, 5) is 24.8. The van der Waals surface area contributed by atoms with Crippen molar-refractivity contribution in [3.8, 4) is 11.7 Å². The Morgan fingerprint density at radius 1 is 1.07 bits per heavy atom. The summed E-state index contributed by atoms with van der Waals surface area (Å²) in [6.45, 7) is 6.23. The summed E-state index contributed by atoms with van der Waals surface area (Å²) < 4.78 is 36.1. The van der Waals surface area contributed by atoms with E-state index in [0.29, 0.717) is 54.4 Å². The minimum atomic E-state index is -4.21. The van der Waals surface area contributed by atoms with Crippen molar-refractivity contribution < 1.29 is 17.9 Å². The maximum Gasteiger partial charge on any atom is 0.281 e. The lowest BCUT2D eigenvalue weighted by Gasteiger charge is -2.37. The van der Waals surface area contributed by atoms with E-state index >= 15 is 0 Å². The van der Waals surface area contributed by atoms with Gasteiger partial charge < -0.3 is 15.0 Å². The second-order valence-electron chi connectivity index (χ2n) is 12.9. The van der Waals surface area contributed by atoms with Gasteiger partial charge in [0.25, 0.3) is 15.9 Å². The number of amides is 1. The van der Waals surface area contributed by atoms with Gasteiger partial charge in [-0.3, -0.25) is 4.79 Å². The Hall–Kier alpha value is -3.67. The molecule has 3 aromatic heterocycles. The zero-order chi connectivity index (χ0) is 29.1. The molecule has 1 unspecified atom stereocenters. The molecule has 42 heavy (non-hydrogen) atoms. The number of rotatable bonds is 5. The summed E-state index contributed by atoms with van der Waals surface area (Å²) in [6.07, 6.45) is 10.0. The molecule has 2 N–H and O–H groups in total. The van der Waals surface area contributed by atoms with Crippen molar-refractivity contribution in [1.29, 1.82) is 0 Å². The average molecular weight is 592 g/mol. The molecule has 2 atom stereocenters. The van der Waals surface area contributed by atoms with Crippen LogP contribution in [0.1, 0.15) is 69.2 Å². The first-order valence-electron chi connectivity index (χ1n) is 14.9. The third kappa shape index (κ3) is 4.99. The molecule has 2 aliphatic carbocycles. The Balaban J connectivity index is 1.18. The van der Waals surface area contributed by atoms with E-state index < -0.39 is 15.9 Å². The van der Waals surface area contributed by atoms with Gasteiger partial charge in [0, 0.05) is 30.9 Å². The van der Waals surface area contributed by atoms with E-state index in [1.54, 1.807) is 35.1 Å². The van der Waals surface area contributed by atoms with Crippen molar-refractivity contribution >= 4 is 27.6 Å². The molecule has 5 heterocycles. The molecule has 3 aromatic rings. The van der Waals surface area contributed by atoms with Gasteiger partial charge in [-0.05, 0) is 100 Å². The molecule has 0 radical (unpaired) electrons. The molecule has 7 rings (SSSR count). The lowest BCUT2D eigenvalue weighted by atomic mass is 9.69. The van der Waals surface area contributed by atoms with Gasteiger partial charge in [0.1, 0.15) is 11.6 Å². The molecule has 4 bridgehead atoms. The Bertz CT molecular complexity index is 1630. The van der Waals surface area contributed by atoms with Gasteiger partial charge in [-0.25, -0.2) is 19.4 Å². The third-order valence-electron chi connectivity index (χ3n) is 9.67. The monoisotopic (exact) mass is 591 g/mol. The van der Waals surface area contributed by atoms with Crippen LogP contribution < -0.4 is 19.7 Å². The van der Waals surface area contributed by atoms with Gasteiger partial charge >= 0.3 is 0 Å². The highest BCUT2D eigenvalue weighted by atomic mass is 32.2. The molecule has 4 aliphatic rings. The van der Waals surface area contributed by atoms with Gasteiger partial charge in [-0.15, -0.1) is 5.10 Å². The summed E-state index contributed by atoms with van der Waals surface area (Å²) in [5, 5.41) is 7.62. The Kier molecular flexibility index (Phi) is 6.45. The SMILES string of the molecule is CC1(C)C[C@@H]2CCNc3cccc(n3)S(=O)(=O)NC(=O)c3ccc(-n4ccc(OCCC5CCC56CC6)n4)nc3N1C2. The Labute approximate surface area is 246 Å². The number of sulfonamides is 1. The number of anilines is 2. The van der Waals surface area contributed by atoms with Gasteiger partial charge in [-0.1, -0.05) is 6.07 Å². The molecule has 1 saturated heterocycles. The van der Waals surface area contributed by atoms with Crippen LogP contribution in [-0.4, -0.2) is 59.3 Å². The Morgan fingerprint density at radius 2 is 1.93 bits per heavy atom. The average Bonchev–Trinajstić information content (AvgIpc) is 3.57. The normalized spacial score (nSPS) is 25.0. The van der Waals surface area contributed by atoms with E-state index in [1.165, 1.54) is 31.7 Å². The highest BCUT2D eigenvalue weighted by molar-refractivity contribution is 7.90. The number of carbonyl (C=O) groups excluding carboxylic acids is 1. The maximum absolute atomic E-state index is 13.5. The van der Waals surface area contributed by atoms with Crippen LogP contribution in [0, 0.1) is 17.3 Å². The third-order valence-corrected chi connectivity index (χ3v) is 10.9. The molecular weight excluding hydrogens is 554 g/mol. The molecular formula is C30H37N7O4S. The summed E-state index contributed by atoms with van der Waals surface area (Å²) in [6, 6.07) is 9.84. The molecule has 3 fully saturated rings. The van der Waals surface area contributed by atoms with Crippen molar-refractivity contribution in [3.05, 3.63) is 48.2 Å². The van der Waals surface area contributed by atoms with Gasteiger partial charge in [0.15, 0.2) is 10.8 Å². The quantitative estimate of drug-likeness (QED) is 0.449. The van der Waals surface area contributed by atoms with E-state index in [-0.39, 0.29) is 16.1 Å². The number of aromatic nitrogens is 4. The highest BCUT2D eigenvalue weighted by Gasteiger charge is 2.54. The van der Waals surface area contributed by atoms with Crippen molar-refractivity contribution in [2.24, 2.45) is 17.3 Å². The number of fused-ring (bicyclic) bond motifs is 6. The minimum Gasteiger partial charge on any atom is -0.477 e. The topological polar surface area (TPSA) is 131 Å². The van der Waals surface area contributed by atoms with Crippen molar-refractivity contribution in [2.75, 3.05) is 29.9 Å². The molecule has 12 heteroatoms. The summed E-state index contributed by atoms with van der Waals surface area (Å²) in [5.41, 5.74) is 0.506. The number of nitrogens with one attached hydrogen (secondary N) is 2. The number of nitrogens with zero attached hydrogens (tertiary/aromatic N) is 5. The number of ether oxygens (including phenoxy) is 1. The van der Waals surface area contributed by atoms with Crippen LogP contribution >= 0.6 is 0 Å². The molecule has 0 aromatic carbocycles. The Morgan fingerprint density at radius 3 is 2.71 bits per heavy atom. The van der Waals surface area contributed by atoms with Crippen LogP contribution in [0.15, 0.2) is 47.6 Å². The summed E-state index contributed by atoms with van der Waals surface area (Å²) >= 11 is 0. The van der Waals surface area contributed by atoms with Crippen molar-refractivity contribution in [2.45, 2.75) is 69.4 Å². The van der Waals surface area contributed by atoms with Gasteiger partial charge in [0.05, 0.1) is 12.2 Å². The van der Waals surface area contributed by atoms with Crippen molar-refractivity contribution in [1.82, 2.24) is 24.5 Å². The van der Waals surface area contributed by atoms with Crippen LogP contribution in [0.2, 0.25) is 0 Å². The lowest BCUT2D eigenvalue weighted by molar-refractivity contribution is 0.0981. The van der Waals surface area contributed by atoms with Crippen LogP contribution in [0.25, 0.3) is 5.82 Å². The second-order valence-corrected chi connectivity index (χ2v) is 14.5. The first-order valence-corrected chi connectivity index (χ1v) is 16.4. The smallest absolute Gasteiger partial charge is 0.281 e. The summed E-state index contributed by atoms with van der Waals surface area (Å²) in [7, 11) is -4.21. The number of carbonyl (C=O) groups is 1. The zero-order valence-corrected chi connectivity index (χ0v) is 24.9. The second kappa shape index (κ2) is 9.96. The highest BCUT2D eigenvalue weighted by Crippen LogP contribution is 2.65. The van der Waals surface area contributed by atoms with E-state index in [2.05, 4.69) is 38.9 Å². The summed E-state index contributed by atoms with van der Waals surface area (Å²) in [5.74, 6) is 2.31. The van der Waals surface area contributed by atoms with Gasteiger partial charge in [0.2, 0.25) is 5.88 Å². The van der Waals surface area contributed by atoms with E-state index in [4.69, 9.17) is 9.72 Å². The molecule has 2 saturated carbocycles. The number of hydrogen-bond acceptors (Lipinski definition) is 9. The van der Waals surface area contributed by atoms with Crippen LogP contribution in [0.5, 0.6) is 5.88 Å². The van der Waals surface area contributed by atoms with Crippen LogP contribution in [0.3, 0.4) is 0 Å². The first-order chi connectivity index (χ1) is 20.1. The zero-order valence-electron chi connectivity index (χ0n) is 24.0. The largest absolute Gasteiger partial charge is 0.477 e. The first kappa shape index (κ1) is 27.2. The fourth-order valence-corrected chi connectivity index (χ4v) is 7.98. The minimum absolute atomic E-state index is 0.181. The molecule has 2 aliphatic heterocycles. The van der Waals surface area contributed by atoms with E-state index in [9.17, 15) is 13.2 Å². The maximum atomic E-state index is 13.5. The predicted molar refractivity (Wildman–Crippen MR) is 157 cm³/mol. The van der Waals surface area contributed by atoms with Gasteiger partial charge in [-0.2, -0.15) is 8.42 Å². The predicted octanol–water partition coefficient (Wildman–Crippen LogP) is 4.16. The van der Waals surface area contributed by atoms with E-state index in [1.807, 2.05) is 6.07 Å². The number of hydrogen-bond donors (Lipinski definition) is 2. The molecule has 1 amide bonds. The lowest BCUT2D eigenvalue weighted by Crippen LogP contribution is -2.41. The fourth-order valence-electron chi connectivity index (χ4n) is 7.04.